The molecule has 0 aromatic heterocycles. The lowest BCUT2D eigenvalue weighted by molar-refractivity contribution is -0.384. The standard InChI is InChI=1S/C30H31N5O5/c1-2-40-29(37)25-26(23-14-9-15-24(20-23)35(38)39)31-30(32-28(25)36)34-18-16-33(17-19-34)27(21-10-5-3-6-11-21)22-12-7-4-8-13-22/h3-15,20,25-27H,2,16-19H2,1H3,(H,31,32,36)/t25-,26+/m1/s1. The van der Waals surface area contributed by atoms with E-state index in [1.54, 1.807) is 13.0 Å². The maximum atomic E-state index is 13.2. The van der Waals surface area contributed by atoms with E-state index < -0.39 is 28.8 Å². The van der Waals surface area contributed by atoms with Gasteiger partial charge in [-0.05, 0) is 23.6 Å². The van der Waals surface area contributed by atoms with Crippen LogP contribution in [0.1, 0.15) is 35.7 Å². The van der Waals surface area contributed by atoms with Gasteiger partial charge in [-0.2, -0.15) is 0 Å². The van der Waals surface area contributed by atoms with Crippen LogP contribution in [0.2, 0.25) is 0 Å². The van der Waals surface area contributed by atoms with Gasteiger partial charge in [-0.15, -0.1) is 0 Å². The smallest absolute Gasteiger partial charge is 0.321 e. The summed E-state index contributed by atoms with van der Waals surface area (Å²) < 4.78 is 5.16. The largest absolute Gasteiger partial charge is 0.465 e. The second-order valence-electron chi connectivity index (χ2n) is 9.72. The summed E-state index contributed by atoms with van der Waals surface area (Å²) in [5.74, 6) is -2.13. The quantitative estimate of drug-likeness (QED) is 0.210. The van der Waals surface area contributed by atoms with Crippen LogP contribution in [-0.2, 0) is 14.3 Å². The number of hydrogen-bond acceptors (Lipinski definition) is 8. The molecule has 0 radical (unpaired) electrons. The third-order valence-electron chi connectivity index (χ3n) is 7.27. The molecule has 2 aliphatic heterocycles. The zero-order valence-electron chi connectivity index (χ0n) is 22.2. The number of rotatable bonds is 7. The highest BCUT2D eigenvalue weighted by Crippen LogP contribution is 2.34. The van der Waals surface area contributed by atoms with E-state index >= 15 is 0 Å². The zero-order valence-corrected chi connectivity index (χ0v) is 22.2. The summed E-state index contributed by atoms with van der Waals surface area (Å²) in [6.45, 7) is 4.39. The summed E-state index contributed by atoms with van der Waals surface area (Å²) in [7, 11) is 0. The van der Waals surface area contributed by atoms with Crippen molar-refractivity contribution in [3.8, 4) is 0 Å². The first kappa shape index (κ1) is 27.0. The van der Waals surface area contributed by atoms with Gasteiger partial charge in [-0.25, -0.2) is 4.99 Å². The first-order valence-electron chi connectivity index (χ1n) is 13.3. The van der Waals surface area contributed by atoms with Crippen molar-refractivity contribution in [1.29, 1.82) is 0 Å². The molecule has 1 saturated heterocycles. The Balaban J connectivity index is 1.40. The van der Waals surface area contributed by atoms with E-state index in [-0.39, 0.29) is 18.3 Å². The number of aliphatic imine (C=N–C) groups is 1. The Labute approximate surface area is 232 Å². The van der Waals surface area contributed by atoms with Crippen molar-refractivity contribution < 1.29 is 19.2 Å². The van der Waals surface area contributed by atoms with Gasteiger partial charge in [0.05, 0.1) is 17.6 Å². The van der Waals surface area contributed by atoms with Crippen molar-refractivity contribution in [2.45, 2.75) is 19.0 Å². The molecule has 5 rings (SSSR count). The molecule has 0 unspecified atom stereocenters. The molecule has 1 fully saturated rings. The molecule has 10 nitrogen and oxygen atoms in total. The summed E-state index contributed by atoms with van der Waals surface area (Å²) in [6, 6.07) is 25.8. The first-order valence-corrected chi connectivity index (χ1v) is 13.3. The number of esters is 1. The average molecular weight is 542 g/mol. The number of carbonyl (C=O) groups is 2. The molecule has 3 aromatic carbocycles. The Morgan fingerprint density at radius 2 is 1.62 bits per heavy atom. The fourth-order valence-electron chi connectivity index (χ4n) is 5.36. The van der Waals surface area contributed by atoms with Gasteiger partial charge in [-0.3, -0.25) is 29.9 Å². The molecule has 0 saturated carbocycles. The molecule has 40 heavy (non-hydrogen) atoms. The number of hydrogen-bond donors (Lipinski definition) is 1. The zero-order chi connectivity index (χ0) is 28.1. The highest BCUT2D eigenvalue weighted by Gasteiger charge is 2.42. The summed E-state index contributed by atoms with van der Waals surface area (Å²) >= 11 is 0. The monoisotopic (exact) mass is 541 g/mol. The van der Waals surface area contributed by atoms with E-state index in [9.17, 15) is 19.7 Å². The molecule has 2 heterocycles. The number of benzene rings is 3. The Kier molecular flexibility index (Phi) is 8.16. The van der Waals surface area contributed by atoms with Crippen LogP contribution in [-0.4, -0.2) is 65.3 Å². The van der Waals surface area contributed by atoms with Crippen molar-refractivity contribution in [2.75, 3.05) is 32.8 Å². The minimum absolute atomic E-state index is 0.0817. The summed E-state index contributed by atoms with van der Waals surface area (Å²) in [6.07, 6.45) is 0. The predicted octanol–water partition coefficient (Wildman–Crippen LogP) is 3.71. The van der Waals surface area contributed by atoms with Crippen molar-refractivity contribution in [1.82, 2.24) is 15.1 Å². The summed E-state index contributed by atoms with van der Waals surface area (Å²) in [4.78, 5) is 46.1. The second-order valence-corrected chi connectivity index (χ2v) is 9.72. The minimum atomic E-state index is -1.24. The van der Waals surface area contributed by atoms with Crippen LogP contribution in [0.4, 0.5) is 5.69 Å². The number of nitro groups is 1. The van der Waals surface area contributed by atoms with E-state index in [1.807, 2.05) is 41.3 Å². The molecule has 2 atom stereocenters. The van der Waals surface area contributed by atoms with E-state index in [2.05, 4.69) is 34.5 Å². The lowest BCUT2D eigenvalue weighted by Gasteiger charge is -2.42. The maximum Gasteiger partial charge on any atom is 0.321 e. The van der Waals surface area contributed by atoms with Gasteiger partial charge in [0.1, 0.15) is 6.04 Å². The lowest BCUT2D eigenvalue weighted by atomic mass is 9.91. The molecule has 0 aliphatic carbocycles. The molecule has 1 N–H and O–H groups in total. The third-order valence-corrected chi connectivity index (χ3v) is 7.27. The number of nitro benzene ring substituents is 1. The predicted molar refractivity (Wildman–Crippen MR) is 149 cm³/mol. The number of carbonyl (C=O) groups excluding carboxylic acids is 2. The van der Waals surface area contributed by atoms with Gasteiger partial charge >= 0.3 is 5.97 Å². The fraction of sp³-hybridized carbons (Fsp3) is 0.300. The van der Waals surface area contributed by atoms with Crippen LogP contribution in [0.5, 0.6) is 0 Å². The van der Waals surface area contributed by atoms with Gasteiger partial charge in [0.2, 0.25) is 11.9 Å². The maximum absolute atomic E-state index is 13.2. The van der Waals surface area contributed by atoms with E-state index in [4.69, 9.17) is 9.73 Å². The van der Waals surface area contributed by atoms with E-state index in [0.717, 1.165) is 0 Å². The number of nitrogens with zero attached hydrogens (tertiary/aromatic N) is 4. The molecule has 0 bridgehead atoms. The van der Waals surface area contributed by atoms with Crippen LogP contribution < -0.4 is 5.32 Å². The van der Waals surface area contributed by atoms with Gasteiger partial charge in [0, 0.05) is 38.3 Å². The fourth-order valence-corrected chi connectivity index (χ4v) is 5.36. The van der Waals surface area contributed by atoms with Crippen LogP contribution in [0, 0.1) is 16.0 Å². The Morgan fingerprint density at radius 3 is 2.20 bits per heavy atom. The molecular formula is C30H31N5O5. The number of guanidine groups is 1. The lowest BCUT2D eigenvalue weighted by Crippen LogP contribution is -2.57. The normalized spacial score (nSPS) is 19.6. The third kappa shape index (κ3) is 5.72. The van der Waals surface area contributed by atoms with Gasteiger partial charge in [0.25, 0.3) is 5.69 Å². The average Bonchev–Trinajstić information content (AvgIpc) is 2.98. The Morgan fingerprint density at radius 1 is 1.00 bits per heavy atom. The SMILES string of the molecule is CCOC(=O)[C@H]1C(=O)NC(N2CCN(C(c3ccccc3)c3ccccc3)CC2)=N[C@H]1c1cccc([N+](=O)[O-])c1. The topological polar surface area (TPSA) is 117 Å². The Bertz CT molecular complexity index is 1350. The molecule has 3 aromatic rings. The number of nitrogens with one attached hydrogen (secondary N) is 1. The number of piperazine rings is 1. The van der Waals surface area contributed by atoms with Crippen LogP contribution in [0.15, 0.2) is 89.9 Å². The molecule has 1 amide bonds. The van der Waals surface area contributed by atoms with Crippen molar-refractivity contribution in [3.63, 3.8) is 0 Å². The molecule has 10 heteroatoms. The number of amides is 1. The van der Waals surface area contributed by atoms with Crippen LogP contribution >= 0.6 is 0 Å². The first-order chi connectivity index (χ1) is 19.5. The second kappa shape index (κ2) is 12.1. The van der Waals surface area contributed by atoms with Gasteiger partial charge < -0.3 is 9.64 Å². The molecular weight excluding hydrogens is 510 g/mol. The van der Waals surface area contributed by atoms with Gasteiger partial charge in [0.15, 0.2) is 5.92 Å². The molecule has 206 valence electrons. The summed E-state index contributed by atoms with van der Waals surface area (Å²) in [5, 5.41) is 14.2. The Hall–Kier alpha value is -4.57. The molecule has 0 spiro atoms. The van der Waals surface area contributed by atoms with Crippen LogP contribution in [0.3, 0.4) is 0 Å². The van der Waals surface area contributed by atoms with Crippen LogP contribution in [0.25, 0.3) is 0 Å². The summed E-state index contributed by atoms with van der Waals surface area (Å²) in [5.41, 5.74) is 2.68. The molecule has 2 aliphatic rings. The van der Waals surface area contributed by atoms with Gasteiger partial charge in [-0.1, -0.05) is 72.8 Å². The highest BCUT2D eigenvalue weighted by atomic mass is 16.6. The van der Waals surface area contributed by atoms with E-state index in [1.165, 1.54) is 29.3 Å². The van der Waals surface area contributed by atoms with E-state index in [0.29, 0.717) is 37.7 Å². The number of non-ortho nitro benzene ring substituents is 1. The van der Waals surface area contributed by atoms with Crippen molar-refractivity contribution in [3.05, 3.63) is 112 Å². The van der Waals surface area contributed by atoms with Crippen molar-refractivity contribution in [2.24, 2.45) is 10.9 Å². The van der Waals surface area contributed by atoms with Crippen molar-refractivity contribution >= 4 is 23.5 Å². The number of ether oxygens (including phenoxy) is 1. The minimum Gasteiger partial charge on any atom is -0.465 e. The highest BCUT2D eigenvalue weighted by molar-refractivity contribution is 6.08.